The van der Waals surface area contributed by atoms with Crippen molar-refractivity contribution in [2.24, 2.45) is 5.92 Å². The van der Waals surface area contributed by atoms with Crippen molar-refractivity contribution in [1.29, 1.82) is 0 Å². The van der Waals surface area contributed by atoms with Gasteiger partial charge in [0.15, 0.2) is 0 Å². The third-order valence-corrected chi connectivity index (χ3v) is 4.02. The Hall–Kier alpha value is -1.59. The molecular formula is C14H22N2O4. The van der Waals surface area contributed by atoms with E-state index in [1.807, 2.05) is 4.90 Å². The number of hydrogen-bond acceptors (Lipinski definition) is 4. The fourth-order valence-corrected chi connectivity index (χ4v) is 2.94. The van der Waals surface area contributed by atoms with Crippen molar-refractivity contribution in [2.45, 2.75) is 45.1 Å². The van der Waals surface area contributed by atoms with Gasteiger partial charge in [-0.25, -0.2) is 0 Å². The first-order valence-electron chi connectivity index (χ1n) is 7.33. The number of nitrogens with zero attached hydrogens (tertiary/aromatic N) is 1. The molecule has 0 bridgehead atoms. The highest BCUT2D eigenvalue weighted by molar-refractivity contribution is 5.81. The first-order chi connectivity index (χ1) is 9.60. The highest BCUT2D eigenvalue weighted by Crippen LogP contribution is 2.25. The minimum Gasteiger partial charge on any atom is -0.466 e. The molecule has 0 radical (unpaired) electrons. The molecule has 0 aromatic heterocycles. The van der Waals surface area contributed by atoms with E-state index in [2.05, 4.69) is 5.32 Å². The third kappa shape index (κ3) is 3.71. The summed E-state index contributed by atoms with van der Waals surface area (Å²) in [6.07, 6.45) is 2.56. The summed E-state index contributed by atoms with van der Waals surface area (Å²) in [5.41, 5.74) is 0. The zero-order valence-electron chi connectivity index (χ0n) is 11.9. The van der Waals surface area contributed by atoms with E-state index in [4.69, 9.17) is 4.74 Å². The van der Waals surface area contributed by atoms with E-state index in [0.29, 0.717) is 32.0 Å². The predicted molar refractivity (Wildman–Crippen MR) is 71.7 cm³/mol. The zero-order valence-corrected chi connectivity index (χ0v) is 11.9. The number of likely N-dealkylation sites (tertiary alicyclic amines) is 1. The van der Waals surface area contributed by atoms with Crippen LogP contribution in [0.2, 0.25) is 0 Å². The van der Waals surface area contributed by atoms with Crippen LogP contribution in [0, 0.1) is 5.92 Å². The van der Waals surface area contributed by atoms with Gasteiger partial charge in [-0.1, -0.05) is 0 Å². The standard InChI is InChI=1S/C14H22N2O4/c1-2-20-14(19)6-5-13(18)16-8-7-11-10(9-16)3-4-12(17)15-11/h10-11H,2-9H2,1H3,(H,15,17). The SMILES string of the molecule is CCOC(=O)CCC(=O)N1CCC2NC(=O)CCC2C1. The highest BCUT2D eigenvalue weighted by Gasteiger charge is 2.35. The van der Waals surface area contributed by atoms with Gasteiger partial charge in [-0.3, -0.25) is 14.4 Å². The molecule has 0 aliphatic carbocycles. The number of esters is 1. The Morgan fingerprint density at radius 2 is 2.15 bits per heavy atom. The molecular weight excluding hydrogens is 260 g/mol. The Bertz CT molecular complexity index is 397. The molecule has 2 atom stereocenters. The smallest absolute Gasteiger partial charge is 0.306 e. The Balaban J connectivity index is 1.78. The normalized spacial score (nSPS) is 25.6. The molecule has 2 unspecified atom stereocenters. The van der Waals surface area contributed by atoms with Gasteiger partial charge in [0.1, 0.15) is 0 Å². The number of nitrogens with one attached hydrogen (secondary N) is 1. The monoisotopic (exact) mass is 282 g/mol. The van der Waals surface area contributed by atoms with Gasteiger partial charge in [0.2, 0.25) is 11.8 Å². The van der Waals surface area contributed by atoms with E-state index in [-0.39, 0.29) is 36.7 Å². The van der Waals surface area contributed by atoms with E-state index in [9.17, 15) is 14.4 Å². The second-order valence-corrected chi connectivity index (χ2v) is 5.41. The molecule has 6 nitrogen and oxygen atoms in total. The molecule has 1 N–H and O–H groups in total. The lowest BCUT2D eigenvalue weighted by Gasteiger charge is -2.41. The summed E-state index contributed by atoms with van der Waals surface area (Å²) in [5.74, 6) is 0.162. The van der Waals surface area contributed by atoms with Gasteiger partial charge >= 0.3 is 5.97 Å². The maximum Gasteiger partial charge on any atom is 0.306 e. The van der Waals surface area contributed by atoms with E-state index in [1.54, 1.807) is 6.92 Å². The zero-order chi connectivity index (χ0) is 14.5. The van der Waals surface area contributed by atoms with Crippen LogP contribution in [-0.4, -0.2) is 48.4 Å². The van der Waals surface area contributed by atoms with Crippen LogP contribution in [0.4, 0.5) is 0 Å². The summed E-state index contributed by atoms with van der Waals surface area (Å²) in [4.78, 5) is 36.5. The molecule has 2 fully saturated rings. The number of ether oxygens (including phenoxy) is 1. The second-order valence-electron chi connectivity index (χ2n) is 5.41. The van der Waals surface area contributed by atoms with Crippen molar-refractivity contribution in [2.75, 3.05) is 19.7 Å². The van der Waals surface area contributed by atoms with Gasteiger partial charge in [-0.05, 0) is 25.7 Å². The van der Waals surface area contributed by atoms with Gasteiger partial charge in [0.05, 0.1) is 13.0 Å². The molecule has 20 heavy (non-hydrogen) atoms. The molecule has 2 heterocycles. The van der Waals surface area contributed by atoms with E-state index in [0.717, 1.165) is 12.8 Å². The van der Waals surface area contributed by atoms with Crippen LogP contribution < -0.4 is 5.32 Å². The highest BCUT2D eigenvalue weighted by atomic mass is 16.5. The van der Waals surface area contributed by atoms with Crippen LogP contribution in [0.1, 0.15) is 39.0 Å². The minimum absolute atomic E-state index is 0.00778. The molecule has 2 aliphatic rings. The Morgan fingerprint density at radius 3 is 2.90 bits per heavy atom. The van der Waals surface area contributed by atoms with Crippen LogP contribution in [0.5, 0.6) is 0 Å². The fourth-order valence-electron chi connectivity index (χ4n) is 2.94. The van der Waals surface area contributed by atoms with Crippen LogP contribution >= 0.6 is 0 Å². The first kappa shape index (κ1) is 14.8. The van der Waals surface area contributed by atoms with Crippen LogP contribution in [0.3, 0.4) is 0 Å². The summed E-state index contributed by atoms with van der Waals surface area (Å²) >= 11 is 0. The number of hydrogen-bond donors (Lipinski definition) is 1. The molecule has 2 amide bonds. The minimum atomic E-state index is -0.319. The predicted octanol–water partition coefficient (Wildman–Crippen LogP) is 0.457. The molecule has 112 valence electrons. The quantitative estimate of drug-likeness (QED) is 0.760. The van der Waals surface area contributed by atoms with Crippen molar-refractivity contribution in [3.63, 3.8) is 0 Å². The Labute approximate surface area is 118 Å². The average Bonchev–Trinajstić information content (AvgIpc) is 2.44. The number of carbonyl (C=O) groups is 3. The van der Waals surface area contributed by atoms with Crippen LogP contribution in [0.15, 0.2) is 0 Å². The molecule has 6 heteroatoms. The van der Waals surface area contributed by atoms with Gasteiger partial charge < -0.3 is 15.0 Å². The van der Waals surface area contributed by atoms with Crippen LogP contribution in [0.25, 0.3) is 0 Å². The number of rotatable bonds is 4. The van der Waals surface area contributed by atoms with Gasteiger partial charge in [0, 0.05) is 32.0 Å². The number of piperidine rings is 2. The lowest BCUT2D eigenvalue weighted by molar-refractivity contribution is -0.146. The molecule has 2 rings (SSSR count). The summed E-state index contributed by atoms with van der Waals surface area (Å²) < 4.78 is 4.82. The largest absolute Gasteiger partial charge is 0.466 e. The lowest BCUT2D eigenvalue weighted by atomic mass is 9.85. The summed E-state index contributed by atoms with van der Waals surface area (Å²) in [7, 11) is 0. The van der Waals surface area contributed by atoms with E-state index >= 15 is 0 Å². The van der Waals surface area contributed by atoms with Gasteiger partial charge in [-0.2, -0.15) is 0 Å². The molecule has 2 aliphatic heterocycles. The fraction of sp³-hybridized carbons (Fsp3) is 0.786. The number of fused-ring (bicyclic) bond motifs is 1. The van der Waals surface area contributed by atoms with Gasteiger partial charge in [-0.15, -0.1) is 0 Å². The van der Waals surface area contributed by atoms with Crippen molar-refractivity contribution in [3.05, 3.63) is 0 Å². The first-order valence-corrected chi connectivity index (χ1v) is 7.33. The Morgan fingerprint density at radius 1 is 1.35 bits per heavy atom. The summed E-state index contributed by atoms with van der Waals surface area (Å²) in [5, 5.41) is 2.99. The summed E-state index contributed by atoms with van der Waals surface area (Å²) in [6, 6.07) is 0.213. The maximum absolute atomic E-state index is 12.1. The summed E-state index contributed by atoms with van der Waals surface area (Å²) in [6.45, 7) is 3.44. The topological polar surface area (TPSA) is 75.7 Å². The average molecular weight is 282 g/mol. The van der Waals surface area contributed by atoms with E-state index < -0.39 is 0 Å². The molecule has 0 spiro atoms. The third-order valence-electron chi connectivity index (χ3n) is 4.02. The number of amides is 2. The molecule has 0 aromatic rings. The number of carbonyl (C=O) groups excluding carboxylic acids is 3. The van der Waals surface area contributed by atoms with Crippen molar-refractivity contribution in [1.82, 2.24) is 10.2 Å². The van der Waals surface area contributed by atoms with Crippen molar-refractivity contribution >= 4 is 17.8 Å². The van der Waals surface area contributed by atoms with Crippen LogP contribution in [-0.2, 0) is 19.1 Å². The maximum atomic E-state index is 12.1. The molecule has 2 saturated heterocycles. The molecule has 0 saturated carbocycles. The Kier molecular flexibility index (Phi) is 4.98. The van der Waals surface area contributed by atoms with Gasteiger partial charge in [0.25, 0.3) is 0 Å². The van der Waals surface area contributed by atoms with E-state index in [1.165, 1.54) is 0 Å². The van der Waals surface area contributed by atoms with Crippen molar-refractivity contribution < 1.29 is 19.1 Å². The van der Waals surface area contributed by atoms with Crippen molar-refractivity contribution in [3.8, 4) is 0 Å². The molecule has 0 aromatic carbocycles. The lowest BCUT2D eigenvalue weighted by Crippen LogP contribution is -2.55. The second kappa shape index (κ2) is 6.72.